The summed E-state index contributed by atoms with van der Waals surface area (Å²) < 4.78 is 0.990. The van der Waals surface area contributed by atoms with Crippen LogP contribution in [0.1, 0.15) is 11.1 Å². The molecule has 1 heterocycles. The van der Waals surface area contributed by atoms with Crippen LogP contribution >= 0.6 is 34.5 Å². The standard InChI is InChI=1S/C17H12Cl2N2OS/c1-10-8-15-14(9-13(10)19)20-17(23-15)21-16(22)7-4-11-2-5-12(18)6-3-11/h2-9H,1H3,(H,20,21,22). The number of fused-ring (bicyclic) bond motifs is 1. The minimum atomic E-state index is -0.234. The SMILES string of the molecule is Cc1cc2sc(NC(=O)C=Cc3ccc(Cl)cc3)nc2cc1Cl. The third-order valence-corrected chi connectivity index (χ3v) is 4.79. The molecule has 116 valence electrons. The van der Waals surface area contributed by atoms with Gasteiger partial charge in [-0.2, -0.15) is 0 Å². The summed E-state index contributed by atoms with van der Waals surface area (Å²) in [6, 6.07) is 11.0. The lowest BCUT2D eigenvalue weighted by Crippen LogP contribution is -2.07. The molecule has 2 aromatic carbocycles. The first-order chi connectivity index (χ1) is 11.0. The number of amides is 1. The topological polar surface area (TPSA) is 42.0 Å². The van der Waals surface area contributed by atoms with E-state index in [1.165, 1.54) is 17.4 Å². The van der Waals surface area contributed by atoms with Gasteiger partial charge in [0.2, 0.25) is 5.91 Å². The van der Waals surface area contributed by atoms with Crippen LogP contribution in [0.3, 0.4) is 0 Å². The second-order valence-corrected chi connectivity index (χ2v) is 6.84. The van der Waals surface area contributed by atoms with Gasteiger partial charge < -0.3 is 0 Å². The molecule has 3 rings (SSSR count). The van der Waals surface area contributed by atoms with Gasteiger partial charge in [-0.25, -0.2) is 4.98 Å². The third kappa shape index (κ3) is 3.91. The van der Waals surface area contributed by atoms with E-state index in [9.17, 15) is 4.79 Å². The lowest BCUT2D eigenvalue weighted by atomic mass is 10.2. The lowest BCUT2D eigenvalue weighted by molar-refractivity contribution is -0.111. The molecule has 1 aromatic heterocycles. The minimum Gasteiger partial charge on any atom is -0.298 e. The fourth-order valence-corrected chi connectivity index (χ4v) is 3.23. The van der Waals surface area contributed by atoms with Gasteiger partial charge in [0.1, 0.15) is 0 Å². The number of carbonyl (C=O) groups excluding carboxylic acids is 1. The van der Waals surface area contributed by atoms with Crippen LogP contribution in [0.4, 0.5) is 5.13 Å². The number of nitrogens with one attached hydrogen (secondary N) is 1. The summed E-state index contributed by atoms with van der Waals surface area (Å²) in [5.74, 6) is -0.234. The number of thiazole rings is 1. The summed E-state index contributed by atoms with van der Waals surface area (Å²) in [5, 5.41) is 4.64. The zero-order valence-electron chi connectivity index (χ0n) is 12.1. The van der Waals surface area contributed by atoms with Crippen LogP contribution in [0.25, 0.3) is 16.3 Å². The lowest BCUT2D eigenvalue weighted by Gasteiger charge is -1.96. The Morgan fingerprint density at radius 1 is 1.22 bits per heavy atom. The second kappa shape index (κ2) is 6.71. The Hall–Kier alpha value is -1.88. The molecule has 0 fully saturated rings. The predicted octanol–water partition coefficient (Wildman–Crippen LogP) is 5.56. The molecule has 3 nitrogen and oxygen atoms in total. The fourth-order valence-electron chi connectivity index (χ4n) is 2.00. The summed E-state index contributed by atoms with van der Waals surface area (Å²) >= 11 is 13.3. The van der Waals surface area contributed by atoms with E-state index in [-0.39, 0.29) is 5.91 Å². The molecule has 0 bridgehead atoms. The number of aryl methyl sites for hydroxylation is 1. The van der Waals surface area contributed by atoms with Crippen molar-refractivity contribution < 1.29 is 4.79 Å². The first-order valence-electron chi connectivity index (χ1n) is 6.82. The van der Waals surface area contributed by atoms with Crippen molar-refractivity contribution in [1.29, 1.82) is 0 Å². The Morgan fingerprint density at radius 2 is 1.96 bits per heavy atom. The molecular weight excluding hydrogens is 351 g/mol. The maximum Gasteiger partial charge on any atom is 0.250 e. The van der Waals surface area contributed by atoms with Crippen LogP contribution in [0, 0.1) is 6.92 Å². The molecule has 0 atom stereocenters. The number of aromatic nitrogens is 1. The van der Waals surface area contributed by atoms with Crippen molar-refractivity contribution in [3.8, 4) is 0 Å². The molecule has 0 spiro atoms. The second-order valence-electron chi connectivity index (χ2n) is 4.96. The van der Waals surface area contributed by atoms with Crippen LogP contribution < -0.4 is 5.32 Å². The highest BCUT2D eigenvalue weighted by Crippen LogP contribution is 2.30. The number of hydrogen-bond acceptors (Lipinski definition) is 3. The molecule has 3 aromatic rings. The average molecular weight is 363 g/mol. The van der Waals surface area contributed by atoms with Crippen molar-refractivity contribution in [2.24, 2.45) is 0 Å². The fraction of sp³-hybridized carbons (Fsp3) is 0.0588. The van der Waals surface area contributed by atoms with Gasteiger partial charge in [-0.15, -0.1) is 0 Å². The average Bonchev–Trinajstić information content (AvgIpc) is 2.88. The van der Waals surface area contributed by atoms with Crippen molar-refractivity contribution in [2.75, 3.05) is 5.32 Å². The van der Waals surface area contributed by atoms with E-state index in [4.69, 9.17) is 23.2 Å². The Labute approximate surface area is 147 Å². The van der Waals surface area contributed by atoms with E-state index in [0.29, 0.717) is 15.2 Å². The van der Waals surface area contributed by atoms with Gasteiger partial charge in [0.15, 0.2) is 5.13 Å². The van der Waals surface area contributed by atoms with Crippen molar-refractivity contribution in [3.05, 3.63) is 63.6 Å². The first kappa shape index (κ1) is 16.0. The van der Waals surface area contributed by atoms with E-state index in [1.807, 2.05) is 31.2 Å². The van der Waals surface area contributed by atoms with Crippen molar-refractivity contribution in [3.63, 3.8) is 0 Å². The molecule has 1 N–H and O–H groups in total. The number of rotatable bonds is 3. The number of anilines is 1. The number of benzene rings is 2. The highest BCUT2D eigenvalue weighted by Gasteiger charge is 2.08. The smallest absolute Gasteiger partial charge is 0.250 e. The van der Waals surface area contributed by atoms with Gasteiger partial charge in [0, 0.05) is 16.1 Å². The molecule has 0 radical (unpaired) electrons. The molecule has 0 unspecified atom stereocenters. The summed E-state index contributed by atoms with van der Waals surface area (Å²) in [6.07, 6.45) is 3.19. The first-order valence-corrected chi connectivity index (χ1v) is 8.40. The third-order valence-electron chi connectivity index (χ3n) is 3.20. The van der Waals surface area contributed by atoms with Crippen molar-refractivity contribution in [2.45, 2.75) is 6.92 Å². The number of carbonyl (C=O) groups is 1. The number of nitrogens with zero attached hydrogens (tertiary/aromatic N) is 1. The summed E-state index contributed by atoms with van der Waals surface area (Å²) in [5.41, 5.74) is 2.67. The number of halogens is 2. The molecule has 0 aliphatic carbocycles. The van der Waals surface area contributed by atoms with Crippen LogP contribution in [0.15, 0.2) is 42.5 Å². The van der Waals surface area contributed by atoms with E-state index in [0.717, 1.165) is 21.3 Å². The van der Waals surface area contributed by atoms with Crippen molar-refractivity contribution in [1.82, 2.24) is 4.98 Å². The molecule has 0 saturated heterocycles. The Balaban J connectivity index is 1.73. The van der Waals surface area contributed by atoms with Crippen LogP contribution in [-0.4, -0.2) is 10.9 Å². The summed E-state index contributed by atoms with van der Waals surface area (Å²) in [4.78, 5) is 16.4. The quantitative estimate of drug-likeness (QED) is 0.619. The Kier molecular flexibility index (Phi) is 4.66. The molecule has 0 saturated carbocycles. The molecule has 1 amide bonds. The van der Waals surface area contributed by atoms with Crippen LogP contribution in [0.2, 0.25) is 10.0 Å². The largest absolute Gasteiger partial charge is 0.298 e. The summed E-state index contributed by atoms with van der Waals surface area (Å²) in [6.45, 7) is 1.94. The Bertz CT molecular complexity index is 862. The highest BCUT2D eigenvalue weighted by atomic mass is 35.5. The molecule has 23 heavy (non-hydrogen) atoms. The number of hydrogen-bond donors (Lipinski definition) is 1. The highest BCUT2D eigenvalue weighted by molar-refractivity contribution is 7.22. The maximum atomic E-state index is 12.0. The van der Waals surface area contributed by atoms with Gasteiger partial charge in [0.25, 0.3) is 0 Å². The van der Waals surface area contributed by atoms with Gasteiger partial charge in [0.05, 0.1) is 10.2 Å². The van der Waals surface area contributed by atoms with Crippen molar-refractivity contribution >= 4 is 61.9 Å². The van der Waals surface area contributed by atoms with E-state index < -0.39 is 0 Å². The monoisotopic (exact) mass is 362 g/mol. The normalized spacial score (nSPS) is 11.3. The zero-order chi connectivity index (χ0) is 16.4. The van der Waals surface area contributed by atoms with E-state index >= 15 is 0 Å². The maximum absolute atomic E-state index is 12.0. The van der Waals surface area contributed by atoms with Crippen LogP contribution in [-0.2, 0) is 4.79 Å². The van der Waals surface area contributed by atoms with E-state index in [1.54, 1.807) is 18.2 Å². The van der Waals surface area contributed by atoms with Gasteiger partial charge in [-0.1, -0.05) is 46.7 Å². The van der Waals surface area contributed by atoms with Gasteiger partial charge in [-0.3, -0.25) is 10.1 Å². The molecule has 0 aliphatic rings. The molecular formula is C17H12Cl2N2OS. The molecule has 6 heteroatoms. The van der Waals surface area contributed by atoms with E-state index in [2.05, 4.69) is 10.3 Å². The van der Waals surface area contributed by atoms with Gasteiger partial charge in [-0.05, 0) is 48.4 Å². The Morgan fingerprint density at radius 3 is 2.70 bits per heavy atom. The van der Waals surface area contributed by atoms with Gasteiger partial charge >= 0.3 is 0 Å². The minimum absolute atomic E-state index is 0.234. The molecule has 0 aliphatic heterocycles. The van der Waals surface area contributed by atoms with Crippen LogP contribution in [0.5, 0.6) is 0 Å². The summed E-state index contributed by atoms with van der Waals surface area (Å²) in [7, 11) is 0. The zero-order valence-corrected chi connectivity index (χ0v) is 14.5. The predicted molar refractivity (Wildman–Crippen MR) is 98.5 cm³/mol.